The third kappa shape index (κ3) is 2.73. The Kier molecular flexibility index (Phi) is 3.80. The summed E-state index contributed by atoms with van der Waals surface area (Å²) in [6.45, 7) is 1.51. The van der Waals surface area contributed by atoms with E-state index in [1.54, 1.807) is 6.07 Å². The summed E-state index contributed by atoms with van der Waals surface area (Å²) in [7, 11) is 1.53. The molecule has 1 saturated carbocycles. The number of halogens is 1. The van der Waals surface area contributed by atoms with Gasteiger partial charge in [-0.2, -0.15) is 0 Å². The van der Waals surface area contributed by atoms with Crippen molar-refractivity contribution in [3.05, 3.63) is 34.9 Å². The number of nitrogens with zero attached hydrogens (tertiary/aromatic N) is 1. The monoisotopic (exact) mass is 281 g/mol. The molecule has 102 valence electrons. The van der Waals surface area contributed by atoms with Crippen molar-refractivity contribution in [2.75, 3.05) is 7.05 Å². The first kappa shape index (κ1) is 13.9. The van der Waals surface area contributed by atoms with Crippen molar-refractivity contribution in [3.8, 4) is 0 Å². The standard InChI is InChI=1S/C14H16ClNO3/c1-8(14(18)19)16(2)13(17)11-7-10(11)9-5-3-4-6-12(9)15/h3-6,8,10-11H,7H2,1-2H3,(H,18,19)/t8-,10+,11+/m1/s1. The Balaban J connectivity index is 2.05. The molecule has 5 heteroatoms. The Hall–Kier alpha value is -1.55. The Labute approximate surface area is 117 Å². The molecule has 0 aliphatic heterocycles. The number of carboxylic acids is 1. The van der Waals surface area contributed by atoms with E-state index >= 15 is 0 Å². The molecule has 2 rings (SSSR count). The average molecular weight is 282 g/mol. The third-order valence-corrected chi connectivity index (χ3v) is 4.04. The summed E-state index contributed by atoms with van der Waals surface area (Å²) in [6.07, 6.45) is 0.735. The van der Waals surface area contributed by atoms with Crippen LogP contribution in [0.4, 0.5) is 0 Å². The molecule has 0 heterocycles. The van der Waals surface area contributed by atoms with E-state index in [0.717, 1.165) is 12.0 Å². The zero-order chi connectivity index (χ0) is 14.2. The van der Waals surface area contributed by atoms with Gasteiger partial charge in [0, 0.05) is 18.0 Å². The van der Waals surface area contributed by atoms with Gasteiger partial charge < -0.3 is 10.0 Å². The van der Waals surface area contributed by atoms with Crippen LogP contribution in [-0.2, 0) is 9.59 Å². The number of carbonyl (C=O) groups is 2. The number of hydrogen-bond donors (Lipinski definition) is 1. The second-order valence-electron chi connectivity index (χ2n) is 4.93. The van der Waals surface area contributed by atoms with Crippen molar-refractivity contribution in [2.24, 2.45) is 5.92 Å². The van der Waals surface area contributed by atoms with E-state index in [4.69, 9.17) is 16.7 Å². The second kappa shape index (κ2) is 5.21. The van der Waals surface area contributed by atoms with E-state index in [1.807, 2.05) is 18.2 Å². The lowest BCUT2D eigenvalue weighted by molar-refractivity contribution is -0.148. The fourth-order valence-corrected chi connectivity index (χ4v) is 2.48. The molecule has 1 aliphatic carbocycles. The maximum atomic E-state index is 12.2. The van der Waals surface area contributed by atoms with Crippen LogP contribution < -0.4 is 0 Å². The molecule has 1 fully saturated rings. The van der Waals surface area contributed by atoms with Gasteiger partial charge in [-0.25, -0.2) is 4.79 Å². The number of hydrogen-bond acceptors (Lipinski definition) is 2. The molecule has 1 aromatic carbocycles. The van der Waals surface area contributed by atoms with Crippen molar-refractivity contribution < 1.29 is 14.7 Å². The van der Waals surface area contributed by atoms with Crippen LogP contribution in [0, 0.1) is 5.92 Å². The van der Waals surface area contributed by atoms with Crippen molar-refractivity contribution >= 4 is 23.5 Å². The quantitative estimate of drug-likeness (QED) is 0.922. The average Bonchev–Trinajstić information content (AvgIpc) is 3.16. The van der Waals surface area contributed by atoms with Gasteiger partial charge in [0.2, 0.25) is 5.91 Å². The van der Waals surface area contributed by atoms with Gasteiger partial charge >= 0.3 is 5.97 Å². The Morgan fingerprint density at radius 1 is 1.42 bits per heavy atom. The molecule has 0 bridgehead atoms. The molecule has 1 amide bonds. The van der Waals surface area contributed by atoms with Gasteiger partial charge in [0.15, 0.2) is 0 Å². The molecule has 0 radical (unpaired) electrons. The Morgan fingerprint density at radius 3 is 2.63 bits per heavy atom. The minimum Gasteiger partial charge on any atom is -0.480 e. The van der Waals surface area contributed by atoms with Crippen LogP contribution in [0.25, 0.3) is 0 Å². The molecule has 3 atom stereocenters. The molecule has 1 N–H and O–H groups in total. The highest BCUT2D eigenvalue weighted by Crippen LogP contribution is 2.50. The number of amides is 1. The fourth-order valence-electron chi connectivity index (χ4n) is 2.21. The van der Waals surface area contributed by atoms with Crippen molar-refractivity contribution in [3.63, 3.8) is 0 Å². The lowest BCUT2D eigenvalue weighted by atomic mass is 10.1. The molecule has 1 aliphatic rings. The summed E-state index contributed by atoms with van der Waals surface area (Å²) in [6, 6.07) is 6.66. The van der Waals surface area contributed by atoms with E-state index in [9.17, 15) is 9.59 Å². The normalized spacial score (nSPS) is 22.7. The van der Waals surface area contributed by atoms with Crippen LogP contribution in [0.2, 0.25) is 5.02 Å². The van der Waals surface area contributed by atoms with Crippen LogP contribution in [0.15, 0.2) is 24.3 Å². The number of carboxylic acid groups (broad SMARTS) is 1. The van der Waals surface area contributed by atoms with Crippen LogP contribution in [0.5, 0.6) is 0 Å². The molecule has 0 aromatic heterocycles. The number of rotatable bonds is 4. The van der Waals surface area contributed by atoms with E-state index < -0.39 is 12.0 Å². The van der Waals surface area contributed by atoms with Gasteiger partial charge in [0.1, 0.15) is 6.04 Å². The van der Waals surface area contributed by atoms with Crippen molar-refractivity contribution in [1.29, 1.82) is 0 Å². The molecule has 1 aromatic rings. The predicted molar refractivity (Wildman–Crippen MR) is 72.2 cm³/mol. The molecule has 0 unspecified atom stereocenters. The number of aliphatic carboxylic acids is 1. The fraction of sp³-hybridized carbons (Fsp3) is 0.429. The van der Waals surface area contributed by atoms with Gasteiger partial charge in [0.05, 0.1) is 0 Å². The Bertz CT molecular complexity index is 517. The lowest BCUT2D eigenvalue weighted by Crippen LogP contribution is -2.41. The van der Waals surface area contributed by atoms with E-state index in [0.29, 0.717) is 5.02 Å². The zero-order valence-electron chi connectivity index (χ0n) is 10.8. The number of likely N-dealkylation sites (N-methyl/N-ethyl adjacent to an activating group) is 1. The largest absolute Gasteiger partial charge is 0.480 e. The first-order valence-corrected chi connectivity index (χ1v) is 6.55. The number of carbonyl (C=O) groups excluding carboxylic acids is 1. The third-order valence-electron chi connectivity index (χ3n) is 3.70. The van der Waals surface area contributed by atoms with Gasteiger partial charge in [-0.05, 0) is 30.9 Å². The highest BCUT2D eigenvalue weighted by Gasteiger charge is 2.46. The molecule has 19 heavy (non-hydrogen) atoms. The van der Waals surface area contributed by atoms with Gasteiger partial charge in [-0.3, -0.25) is 4.79 Å². The summed E-state index contributed by atoms with van der Waals surface area (Å²) in [5.41, 5.74) is 0.971. The van der Waals surface area contributed by atoms with Gasteiger partial charge in [0.25, 0.3) is 0 Å². The van der Waals surface area contributed by atoms with Crippen molar-refractivity contribution in [1.82, 2.24) is 4.90 Å². The summed E-state index contributed by atoms with van der Waals surface area (Å²) >= 11 is 6.10. The minimum absolute atomic E-state index is 0.115. The van der Waals surface area contributed by atoms with Crippen LogP contribution in [-0.4, -0.2) is 35.0 Å². The molecular formula is C14H16ClNO3. The predicted octanol–water partition coefficient (Wildman–Crippen LogP) is 2.38. The van der Waals surface area contributed by atoms with E-state index in [2.05, 4.69) is 0 Å². The van der Waals surface area contributed by atoms with Crippen LogP contribution in [0.1, 0.15) is 24.8 Å². The highest BCUT2D eigenvalue weighted by molar-refractivity contribution is 6.31. The number of benzene rings is 1. The van der Waals surface area contributed by atoms with Gasteiger partial charge in [-0.1, -0.05) is 29.8 Å². The van der Waals surface area contributed by atoms with Crippen molar-refractivity contribution in [2.45, 2.75) is 25.3 Å². The molecule has 4 nitrogen and oxygen atoms in total. The minimum atomic E-state index is -0.995. The van der Waals surface area contributed by atoms with Gasteiger partial charge in [-0.15, -0.1) is 0 Å². The summed E-state index contributed by atoms with van der Waals surface area (Å²) in [5.74, 6) is -1.15. The highest BCUT2D eigenvalue weighted by atomic mass is 35.5. The second-order valence-corrected chi connectivity index (χ2v) is 5.34. The maximum Gasteiger partial charge on any atom is 0.326 e. The summed E-state index contributed by atoms with van der Waals surface area (Å²) < 4.78 is 0. The zero-order valence-corrected chi connectivity index (χ0v) is 11.6. The molecular weight excluding hydrogens is 266 g/mol. The molecule has 0 spiro atoms. The topological polar surface area (TPSA) is 57.6 Å². The van der Waals surface area contributed by atoms with E-state index in [-0.39, 0.29) is 17.7 Å². The van der Waals surface area contributed by atoms with E-state index in [1.165, 1.54) is 18.9 Å². The maximum absolute atomic E-state index is 12.2. The summed E-state index contributed by atoms with van der Waals surface area (Å²) in [5, 5.41) is 9.58. The first-order valence-electron chi connectivity index (χ1n) is 6.17. The Morgan fingerprint density at radius 2 is 2.05 bits per heavy atom. The molecule has 0 saturated heterocycles. The lowest BCUT2D eigenvalue weighted by Gasteiger charge is -2.21. The van der Waals surface area contributed by atoms with Crippen LogP contribution in [0.3, 0.4) is 0 Å². The SMILES string of the molecule is C[C@H](C(=O)O)N(C)C(=O)[C@H]1C[C@H]1c1ccccc1Cl. The van der Waals surface area contributed by atoms with Crippen LogP contribution >= 0.6 is 11.6 Å². The summed E-state index contributed by atoms with van der Waals surface area (Å²) in [4.78, 5) is 24.3. The smallest absolute Gasteiger partial charge is 0.326 e. The first-order chi connectivity index (χ1) is 8.93.